The first-order chi connectivity index (χ1) is 41.2. The minimum Gasteiger partial charge on any atom is -0.748 e. The van der Waals surface area contributed by atoms with Gasteiger partial charge in [0.25, 0.3) is 0 Å². The summed E-state index contributed by atoms with van der Waals surface area (Å²) in [4.78, 5) is 19.4. The fourth-order valence-corrected chi connectivity index (χ4v) is 11.5. The van der Waals surface area contributed by atoms with Crippen molar-refractivity contribution >= 4 is 101 Å². The molecule has 0 unspecified atom stereocenters. The van der Waals surface area contributed by atoms with Gasteiger partial charge in [-0.2, -0.15) is 15.2 Å². The summed E-state index contributed by atoms with van der Waals surface area (Å²) in [5.41, 5.74) is 0.494. The molecule has 31 nitrogen and oxygen atoms in total. The van der Waals surface area contributed by atoms with Gasteiger partial charge in [-0.05, 0) is 121 Å². The van der Waals surface area contributed by atoms with Crippen LogP contribution in [0.1, 0.15) is 24.0 Å². The van der Waals surface area contributed by atoms with Gasteiger partial charge in [0.2, 0.25) is 17.2 Å². The molecule has 8 rings (SSSR count). The quantitative estimate of drug-likeness (QED) is 0.0232. The van der Waals surface area contributed by atoms with E-state index in [9.17, 15) is 77.8 Å². The van der Waals surface area contributed by atoms with E-state index in [2.05, 4.69) is 35.7 Å². The standard InChI is InChI=1S/C51H53N11O20S6.6Na/c1-31-25-43(45(81-21-3-23-83(63,64)65)29-41(31)60-58-39-15-9-35(27-47(39)87(75,76)77)33-5-11-37(12-6-33)85(69,70)71)53-49-55-50(57-51(56-49)62-19-17-52-18-20-62)54-44-26-32(2)42(30-46(44)82-22-4-24-84(66,67)68)61-59-40-16-10-36(28-48(40)88(78,79)80)34-7-13-38(14-8-34)86(72,73)74;;;;;;/h5-16,25-30,52H,3-4,17-24H2,1-2H3,(H,63,64,65)(H,66,67,68)(H,69,70,71)(H,72,73,74)(H,75,76,77)(H,78,79,80)(H2,53,54,55,56,57);;;;;;/q;6*+1/p-6. The van der Waals surface area contributed by atoms with Crippen LogP contribution in [0.2, 0.25) is 0 Å². The molecule has 0 aliphatic carbocycles. The van der Waals surface area contributed by atoms with Crippen LogP contribution < -0.4 is 208 Å². The van der Waals surface area contributed by atoms with Crippen LogP contribution in [0.15, 0.2) is 159 Å². The Bertz CT molecular complexity index is 4490. The van der Waals surface area contributed by atoms with Gasteiger partial charge in [0, 0.05) is 49.8 Å². The maximum absolute atomic E-state index is 12.6. The maximum atomic E-state index is 12.6. The third-order valence-electron chi connectivity index (χ3n) is 12.6. The van der Waals surface area contributed by atoms with E-state index in [1.54, 1.807) is 13.8 Å². The van der Waals surface area contributed by atoms with Crippen molar-refractivity contribution in [3.05, 3.63) is 132 Å². The van der Waals surface area contributed by atoms with Crippen molar-refractivity contribution < 1.29 is 265 Å². The summed E-state index contributed by atoms with van der Waals surface area (Å²) in [7, 11) is -29.5. The van der Waals surface area contributed by atoms with Crippen molar-refractivity contribution in [3.63, 3.8) is 0 Å². The van der Waals surface area contributed by atoms with Crippen molar-refractivity contribution in [2.45, 2.75) is 46.3 Å². The summed E-state index contributed by atoms with van der Waals surface area (Å²) in [5, 5.41) is 19.7. The summed E-state index contributed by atoms with van der Waals surface area (Å²) >= 11 is 0. The zero-order valence-electron chi connectivity index (χ0n) is 51.7. The van der Waals surface area contributed by atoms with Gasteiger partial charge >= 0.3 is 177 Å². The Morgan fingerprint density at radius 1 is 0.447 bits per heavy atom. The van der Waals surface area contributed by atoms with E-state index in [0.717, 1.165) is 36.4 Å². The Morgan fingerprint density at radius 3 is 1.19 bits per heavy atom. The number of hydrogen-bond acceptors (Lipinski definition) is 29. The molecule has 3 N–H and O–H groups in total. The summed E-state index contributed by atoms with van der Waals surface area (Å²) in [6, 6.07) is 21.5. The summed E-state index contributed by atoms with van der Waals surface area (Å²) in [6.45, 7) is 4.32. The van der Waals surface area contributed by atoms with Gasteiger partial charge in [0.15, 0.2) is 0 Å². The zero-order chi connectivity index (χ0) is 64.0. The van der Waals surface area contributed by atoms with Gasteiger partial charge in [0.05, 0.1) is 64.4 Å². The molecule has 1 fully saturated rings. The number of nitrogens with one attached hydrogen (secondary N) is 3. The van der Waals surface area contributed by atoms with E-state index in [1.165, 1.54) is 72.8 Å². The van der Waals surface area contributed by atoms with Gasteiger partial charge in [-0.25, -0.2) is 60.5 Å². The molecular formula is C51H47N11Na6O20S6. The molecule has 43 heteroatoms. The minimum atomic E-state index is -5.25. The fourth-order valence-electron chi connectivity index (χ4n) is 8.35. The van der Waals surface area contributed by atoms with Crippen LogP contribution in [0.3, 0.4) is 0 Å². The molecule has 0 bridgehead atoms. The first-order valence-corrected chi connectivity index (χ1v) is 34.3. The third-order valence-corrected chi connectivity index (χ3v) is 17.6. The van der Waals surface area contributed by atoms with Crippen molar-refractivity contribution in [1.29, 1.82) is 0 Å². The molecule has 0 atom stereocenters. The molecular weight excluding hydrogens is 1420 g/mol. The maximum Gasteiger partial charge on any atom is 1.00 e. The van der Waals surface area contributed by atoms with Gasteiger partial charge in [-0.3, -0.25) is 9.97 Å². The Labute approximate surface area is 673 Å². The second-order valence-electron chi connectivity index (χ2n) is 19.1. The molecule has 0 amide bonds. The van der Waals surface area contributed by atoms with Crippen LogP contribution >= 0.6 is 0 Å². The molecule has 1 aliphatic rings. The van der Waals surface area contributed by atoms with E-state index in [4.69, 9.17) is 24.4 Å². The number of azo groups is 2. The number of ether oxygens (including phenoxy) is 2. The number of aromatic amines is 2. The summed E-state index contributed by atoms with van der Waals surface area (Å²) in [5.74, 6) is -1.57. The molecule has 2 heterocycles. The number of H-pyrrole nitrogens is 2. The van der Waals surface area contributed by atoms with Gasteiger partial charge in [0.1, 0.15) is 74.7 Å². The van der Waals surface area contributed by atoms with Gasteiger partial charge in [-0.1, -0.05) is 36.4 Å². The number of benzene rings is 6. The smallest absolute Gasteiger partial charge is 0.748 e. The zero-order valence-corrected chi connectivity index (χ0v) is 68.6. The SMILES string of the molecule is Cc1cc(N=c2nc(N3CCNCC3)[nH]c(=Nc3cc(C)c(N=Nc4ccc(-c5ccc(S(=O)(=O)[O-])cc5)cc4S(=O)(=O)[O-])cc3OCCCS(=O)(=O)[O-])[nH]2)c(OCCCS(=O)(=O)[O-])cc1N=Nc1ccc(-c2ccc(S(=O)(=O)[O-])cc2)cc1S(=O)(=O)[O-].[Na+].[Na+].[Na+].[Na+].[Na+].[Na+]. The molecule has 0 saturated carbocycles. The van der Waals surface area contributed by atoms with E-state index in [-0.39, 0.29) is 277 Å². The van der Waals surface area contributed by atoms with Crippen molar-refractivity contribution in [1.82, 2.24) is 20.3 Å². The Balaban J connectivity index is 0.00000501. The van der Waals surface area contributed by atoms with Crippen LogP contribution in [0.5, 0.6) is 11.5 Å². The summed E-state index contributed by atoms with van der Waals surface area (Å²) in [6.07, 6.45) is -0.561. The van der Waals surface area contributed by atoms with E-state index in [1.807, 2.05) is 4.90 Å². The molecule has 7 aromatic rings. The number of aryl methyl sites for hydroxylation is 2. The number of piperazine rings is 1. The van der Waals surface area contributed by atoms with Crippen LogP contribution in [0, 0.1) is 13.8 Å². The van der Waals surface area contributed by atoms with E-state index < -0.39 is 103 Å². The Morgan fingerprint density at radius 2 is 0.819 bits per heavy atom. The average molecular weight is 1460 g/mol. The first-order valence-electron chi connectivity index (χ1n) is 25.5. The first kappa shape index (κ1) is 88.0. The third kappa shape index (κ3) is 25.8. The molecule has 1 aliphatic heterocycles. The predicted octanol–water partition coefficient (Wildman–Crippen LogP) is -13.3. The van der Waals surface area contributed by atoms with Gasteiger partial charge in [-0.15, -0.1) is 10.2 Å². The predicted molar refractivity (Wildman–Crippen MR) is 304 cm³/mol. The Hall–Kier alpha value is -2.05. The van der Waals surface area contributed by atoms with Crippen molar-refractivity contribution in [2.75, 3.05) is 55.8 Å². The van der Waals surface area contributed by atoms with Crippen molar-refractivity contribution in [2.24, 2.45) is 30.4 Å². The average Bonchev–Trinajstić information content (AvgIpc) is 0.823. The molecule has 94 heavy (non-hydrogen) atoms. The normalized spacial score (nSPS) is 13.4. The van der Waals surface area contributed by atoms with E-state index >= 15 is 0 Å². The van der Waals surface area contributed by atoms with Crippen LogP contribution in [0.4, 0.5) is 40.1 Å². The number of anilines is 1. The van der Waals surface area contributed by atoms with Crippen LogP contribution in [-0.2, 0) is 60.7 Å². The van der Waals surface area contributed by atoms with Gasteiger partial charge < -0.3 is 47.0 Å². The minimum absolute atomic E-state index is 0. The fraction of sp³-hybridized carbons (Fsp3) is 0.235. The number of rotatable bonds is 23. The second kappa shape index (κ2) is 37.6. The largest absolute Gasteiger partial charge is 1.00 e. The van der Waals surface area contributed by atoms with Crippen LogP contribution in [0.25, 0.3) is 22.3 Å². The van der Waals surface area contributed by atoms with E-state index in [0.29, 0.717) is 37.3 Å². The van der Waals surface area contributed by atoms with Crippen molar-refractivity contribution in [3.8, 4) is 33.8 Å². The number of nitrogens with zero attached hydrogens (tertiary/aromatic N) is 8. The molecule has 0 radical (unpaired) electrons. The molecule has 1 aromatic heterocycles. The number of aromatic nitrogens is 3. The molecule has 0 spiro atoms. The number of hydrogen-bond donors (Lipinski definition) is 3. The van der Waals surface area contributed by atoms with Crippen LogP contribution in [-0.4, -0.2) is 144 Å². The topological polar surface area (TPSA) is 496 Å². The molecule has 6 aromatic carbocycles. The molecule has 468 valence electrons. The summed E-state index contributed by atoms with van der Waals surface area (Å²) < 4.78 is 225. The Kier molecular flexibility index (Phi) is 35.2. The second-order valence-corrected chi connectivity index (χ2v) is 27.6. The molecule has 1 saturated heterocycles. The monoisotopic (exact) mass is 1460 g/mol.